The van der Waals surface area contributed by atoms with Crippen molar-refractivity contribution in [2.24, 2.45) is 17.1 Å². The van der Waals surface area contributed by atoms with Crippen LogP contribution in [0.25, 0.3) is 0 Å². The number of aliphatic hydroxyl groups is 1. The van der Waals surface area contributed by atoms with Crippen molar-refractivity contribution in [2.75, 3.05) is 6.54 Å². The van der Waals surface area contributed by atoms with Gasteiger partial charge >= 0.3 is 0 Å². The third kappa shape index (κ3) is 1.31. The van der Waals surface area contributed by atoms with E-state index in [2.05, 4.69) is 6.92 Å². The van der Waals surface area contributed by atoms with Gasteiger partial charge in [-0.25, -0.2) is 0 Å². The number of hydrogen-bond acceptors (Lipinski definition) is 2. The lowest BCUT2D eigenvalue weighted by Crippen LogP contribution is -2.55. The molecular weight excluding hydrogens is 174 g/mol. The lowest BCUT2D eigenvalue weighted by atomic mass is 9.60. The Morgan fingerprint density at radius 1 is 1.36 bits per heavy atom. The van der Waals surface area contributed by atoms with Crippen LogP contribution in [0.4, 0.5) is 0 Å². The second kappa shape index (κ2) is 3.49. The monoisotopic (exact) mass is 197 g/mol. The highest BCUT2D eigenvalue weighted by molar-refractivity contribution is 5.07. The van der Waals surface area contributed by atoms with Crippen LogP contribution in [0.5, 0.6) is 0 Å². The zero-order valence-corrected chi connectivity index (χ0v) is 9.26. The lowest BCUT2D eigenvalue weighted by molar-refractivity contribution is -0.135. The summed E-state index contributed by atoms with van der Waals surface area (Å²) in [4.78, 5) is 0. The van der Waals surface area contributed by atoms with Gasteiger partial charge < -0.3 is 10.8 Å². The molecule has 0 saturated heterocycles. The molecule has 0 radical (unpaired) electrons. The Bertz CT molecular complexity index is 212. The first-order valence-corrected chi connectivity index (χ1v) is 6.08. The van der Waals surface area contributed by atoms with E-state index in [0.717, 1.165) is 31.6 Å². The summed E-state index contributed by atoms with van der Waals surface area (Å²) in [6.45, 7) is 2.93. The van der Waals surface area contributed by atoms with E-state index in [-0.39, 0.29) is 5.41 Å². The predicted molar refractivity (Wildman–Crippen MR) is 57.9 cm³/mol. The molecule has 2 aliphatic rings. The van der Waals surface area contributed by atoms with Crippen LogP contribution in [0.15, 0.2) is 0 Å². The van der Waals surface area contributed by atoms with Crippen molar-refractivity contribution < 1.29 is 5.11 Å². The van der Waals surface area contributed by atoms with E-state index in [9.17, 15) is 5.11 Å². The van der Waals surface area contributed by atoms with E-state index >= 15 is 0 Å². The molecule has 14 heavy (non-hydrogen) atoms. The Morgan fingerprint density at radius 3 is 2.43 bits per heavy atom. The minimum absolute atomic E-state index is 0.0753. The maximum absolute atomic E-state index is 10.5. The standard InChI is InChI=1S/C12H23NO/c1-2-10-4-7-11(8-10,9-13)12(14)5-3-6-12/h10,14H,2-9,13H2,1H3. The van der Waals surface area contributed by atoms with Gasteiger partial charge in [0.25, 0.3) is 0 Å². The van der Waals surface area contributed by atoms with Crippen molar-refractivity contribution in [1.82, 2.24) is 0 Å². The number of nitrogens with two attached hydrogens (primary N) is 1. The van der Waals surface area contributed by atoms with Crippen LogP contribution < -0.4 is 5.73 Å². The van der Waals surface area contributed by atoms with Crippen LogP contribution in [0.3, 0.4) is 0 Å². The molecule has 0 amide bonds. The van der Waals surface area contributed by atoms with Gasteiger partial charge in [0, 0.05) is 12.0 Å². The van der Waals surface area contributed by atoms with E-state index in [1.54, 1.807) is 0 Å². The van der Waals surface area contributed by atoms with Crippen molar-refractivity contribution in [3.05, 3.63) is 0 Å². The summed E-state index contributed by atoms with van der Waals surface area (Å²) in [6, 6.07) is 0. The van der Waals surface area contributed by atoms with Gasteiger partial charge in [-0.3, -0.25) is 0 Å². The first-order chi connectivity index (χ1) is 6.66. The van der Waals surface area contributed by atoms with E-state index in [1.807, 2.05) is 0 Å². The fourth-order valence-electron chi connectivity index (χ4n) is 3.43. The summed E-state index contributed by atoms with van der Waals surface area (Å²) in [5.74, 6) is 0.808. The van der Waals surface area contributed by atoms with Crippen molar-refractivity contribution in [1.29, 1.82) is 0 Å². The molecular formula is C12H23NO. The van der Waals surface area contributed by atoms with Crippen LogP contribution in [0, 0.1) is 11.3 Å². The van der Waals surface area contributed by atoms with Gasteiger partial charge in [0.2, 0.25) is 0 Å². The highest BCUT2D eigenvalue weighted by Gasteiger charge is 2.55. The molecule has 0 bridgehead atoms. The second-order valence-electron chi connectivity index (χ2n) is 5.39. The Labute approximate surface area is 86.9 Å². The molecule has 0 aromatic carbocycles. The number of rotatable bonds is 3. The van der Waals surface area contributed by atoms with Gasteiger partial charge in [0.1, 0.15) is 0 Å². The van der Waals surface area contributed by atoms with Gasteiger partial charge in [-0.05, 0) is 44.4 Å². The van der Waals surface area contributed by atoms with E-state index in [4.69, 9.17) is 5.73 Å². The largest absolute Gasteiger partial charge is 0.389 e. The SMILES string of the molecule is CCC1CCC(CN)(C2(O)CCC2)C1. The average Bonchev–Trinajstić information content (AvgIpc) is 2.59. The van der Waals surface area contributed by atoms with Crippen LogP contribution in [-0.2, 0) is 0 Å². The van der Waals surface area contributed by atoms with E-state index in [1.165, 1.54) is 19.3 Å². The van der Waals surface area contributed by atoms with Crippen molar-refractivity contribution in [3.8, 4) is 0 Å². The first-order valence-electron chi connectivity index (χ1n) is 6.08. The molecule has 0 aromatic heterocycles. The lowest BCUT2D eigenvalue weighted by Gasteiger charge is -2.51. The van der Waals surface area contributed by atoms with Gasteiger partial charge in [0.15, 0.2) is 0 Å². The molecule has 2 atom stereocenters. The summed E-state index contributed by atoms with van der Waals surface area (Å²) in [6.07, 6.45) is 8.00. The molecule has 0 aromatic rings. The highest BCUT2D eigenvalue weighted by Crippen LogP contribution is 2.56. The van der Waals surface area contributed by atoms with Gasteiger partial charge in [0.05, 0.1) is 5.60 Å². The summed E-state index contributed by atoms with van der Waals surface area (Å²) in [5.41, 5.74) is 5.60. The average molecular weight is 197 g/mol. The smallest absolute Gasteiger partial charge is 0.0715 e. The topological polar surface area (TPSA) is 46.2 Å². The molecule has 2 saturated carbocycles. The zero-order chi connectivity index (χ0) is 10.2. The summed E-state index contributed by atoms with van der Waals surface area (Å²) < 4.78 is 0. The third-order valence-electron chi connectivity index (χ3n) is 4.85. The van der Waals surface area contributed by atoms with E-state index < -0.39 is 5.60 Å². The molecule has 2 aliphatic carbocycles. The number of hydrogen-bond donors (Lipinski definition) is 2. The molecule has 0 spiro atoms. The highest BCUT2D eigenvalue weighted by atomic mass is 16.3. The maximum atomic E-state index is 10.5. The van der Waals surface area contributed by atoms with Crippen molar-refractivity contribution in [3.63, 3.8) is 0 Å². The Balaban J connectivity index is 2.11. The molecule has 2 unspecified atom stereocenters. The molecule has 2 fully saturated rings. The third-order valence-corrected chi connectivity index (χ3v) is 4.85. The molecule has 0 heterocycles. The Hall–Kier alpha value is -0.0800. The molecule has 2 rings (SSSR count). The zero-order valence-electron chi connectivity index (χ0n) is 9.26. The van der Waals surface area contributed by atoms with Crippen LogP contribution in [-0.4, -0.2) is 17.3 Å². The Morgan fingerprint density at radius 2 is 2.07 bits per heavy atom. The summed E-state index contributed by atoms with van der Waals surface area (Å²) >= 11 is 0. The maximum Gasteiger partial charge on any atom is 0.0715 e. The van der Waals surface area contributed by atoms with Gasteiger partial charge in [-0.2, -0.15) is 0 Å². The first kappa shape index (κ1) is 10.4. The summed E-state index contributed by atoms with van der Waals surface area (Å²) in [5, 5.41) is 10.5. The molecule has 2 nitrogen and oxygen atoms in total. The predicted octanol–water partition coefficient (Wildman–Crippen LogP) is 2.06. The van der Waals surface area contributed by atoms with Crippen LogP contribution >= 0.6 is 0 Å². The van der Waals surface area contributed by atoms with Crippen molar-refractivity contribution in [2.45, 2.75) is 57.5 Å². The molecule has 82 valence electrons. The fourth-order valence-corrected chi connectivity index (χ4v) is 3.43. The summed E-state index contributed by atoms with van der Waals surface area (Å²) in [7, 11) is 0. The second-order valence-corrected chi connectivity index (χ2v) is 5.39. The quantitative estimate of drug-likeness (QED) is 0.727. The van der Waals surface area contributed by atoms with Gasteiger partial charge in [-0.15, -0.1) is 0 Å². The van der Waals surface area contributed by atoms with Crippen LogP contribution in [0.2, 0.25) is 0 Å². The van der Waals surface area contributed by atoms with Crippen LogP contribution in [0.1, 0.15) is 51.9 Å². The minimum Gasteiger partial charge on any atom is -0.389 e. The fraction of sp³-hybridized carbons (Fsp3) is 1.00. The normalized spacial score (nSPS) is 40.9. The van der Waals surface area contributed by atoms with Crippen molar-refractivity contribution >= 4 is 0 Å². The molecule has 2 heteroatoms. The van der Waals surface area contributed by atoms with Gasteiger partial charge in [-0.1, -0.05) is 13.3 Å². The molecule has 0 aliphatic heterocycles. The minimum atomic E-state index is -0.397. The van der Waals surface area contributed by atoms with E-state index in [0.29, 0.717) is 6.54 Å². The molecule has 3 N–H and O–H groups in total. The Kier molecular flexibility index (Phi) is 2.61.